The number of hydrogen-bond acceptors (Lipinski definition) is 5. The second-order valence-electron chi connectivity index (χ2n) is 3.81. The van der Waals surface area contributed by atoms with Gasteiger partial charge in [0.25, 0.3) is 0 Å². The average Bonchev–Trinajstić information content (AvgIpc) is 2.44. The van der Waals surface area contributed by atoms with Crippen LogP contribution in [0.2, 0.25) is 5.02 Å². The molecule has 5 nitrogen and oxygen atoms in total. The molecule has 0 aliphatic heterocycles. The van der Waals surface area contributed by atoms with Crippen LogP contribution in [0.4, 0.5) is 5.69 Å². The molecule has 1 N–H and O–H groups in total. The van der Waals surface area contributed by atoms with Gasteiger partial charge in [0.1, 0.15) is 0 Å². The van der Waals surface area contributed by atoms with Gasteiger partial charge in [-0.3, -0.25) is 4.79 Å². The highest BCUT2D eigenvalue weighted by Crippen LogP contribution is 2.22. The number of halogens is 1. The van der Waals surface area contributed by atoms with Crippen LogP contribution in [0.25, 0.3) is 0 Å². The highest BCUT2D eigenvalue weighted by Gasteiger charge is 2.13. The molecule has 0 unspecified atom stereocenters. The minimum absolute atomic E-state index is 0.163. The van der Waals surface area contributed by atoms with Crippen molar-refractivity contribution in [1.29, 1.82) is 0 Å². The second-order valence-corrected chi connectivity index (χ2v) is 4.74. The zero-order valence-electron chi connectivity index (χ0n) is 11.1. The summed E-state index contributed by atoms with van der Waals surface area (Å²) in [7, 11) is 2.60. The quantitative estimate of drug-likeness (QED) is 0.666. The fourth-order valence-corrected chi connectivity index (χ4v) is 1.82. The van der Waals surface area contributed by atoms with Gasteiger partial charge >= 0.3 is 11.9 Å². The number of benzene rings is 1. The molecule has 1 aromatic carbocycles. The minimum atomic E-state index is -0.500. The first-order valence-electron chi connectivity index (χ1n) is 5.72. The van der Waals surface area contributed by atoms with E-state index >= 15 is 0 Å². The molecular weight excluding hydrogens is 302 g/mol. The standard InChI is InChI=1S/C13H14ClNO4S/c1-18-12(16)6-5-11(20)15-10-7-8(14)3-4-9(10)13(17)19-2/h3-4,7H,5-6H2,1-2H3,(H,15,20). The fourth-order valence-electron chi connectivity index (χ4n) is 1.44. The summed E-state index contributed by atoms with van der Waals surface area (Å²) in [5, 5.41) is 3.34. The van der Waals surface area contributed by atoms with E-state index in [1.807, 2.05) is 0 Å². The maximum absolute atomic E-state index is 11.6. The fraction of sp³-hybridized carbons (Fsp3) is 0.308. The van der Waals surface area contributed by atoms with E-state index in [1.54, 1.807) is 18.2 Å². The predicted molar refractivity (Wildman–Crippen MR) is 80.3 cm³/mol. The van der Waals surface area contributed by atoms with Crippen molar-refractivity contribution in [1.82, 2.24) is 0 Å². The molecule has 0 amide bonds. The molecule has 0 radical (unpaired) electrons. The predicted octanol–water partition coefficient (Wildman–Crippen LogP) is 2.82. The van der Waals surface area contributed by atoms with Crippen LogP contribution < -0.4 is 5.32 Å². The number of thiocarbonyl (C=S) groups is 1. The summed E-state index contributed by atoms with van der Waals surface area (Å²) < 4.78 is 9.20. The van der Waals surface area contributed by atoms with Gasteiger partial charge in [0.15, 0.2) is 0 Å². The molecule has 0 fully saturated rings. The van der Waals surface area contributed by atoms with Crippen molar-refractivity contribution in [2.24, 2.45) is 0 Å². The summed E-state index contributed by atoms with van der Waals surface area (Å²) in [6.07, 6.45) is 0.478. The van der Waals surface area contributed by atoms with E-state index in [9.17, 15) is 9.59 Å². The van der Waals surface area contributed by atoms with Crippen LogP contribution in [0, 0.1) is 0 Å². The lowest BCUT2D eigenvalue weighted by Crippen LogP contribution is -2.15. The Labute approximate surface area is 127 Å². The summed E-state index contributed by atoms with van der Waals surface area (Å²) >= 11 is 11.0. The smallest absolute Gasteiger partial charge is 0.339 e. The number of hydrogen-bond donors (Lipinski definition) is 1. The molecule has 0 aliphatic carbocycles. The first-order valence-corrected chi connectivity index (χ1v) is 6.51. The third-order valence-corrected chi connectivity index (χ3v) is 2.99. The third-order valence-electron chi connectivity index (χ3n) is 2.44. The highest BCUT2D eigenvalue weighted by molar-refractivity contribution is 7.80. The largest absolute Gasteiger partial charge is 0.469 e. The molecule has 7 heteroatoms. The van der Waals surface area contributed by atoms with E-state index in [0.717, 1.165) is 0 Å². The van der Waals surface area contributed by atoms with Crippen LogP contribution >= 0.6 is 23.8 Å². The van der Waals surface area contributed by atoms with Crippen molar-refractivity contribution in [2.75, 3.05) is 19.5 Å². The summed E-state index contributed by atoms with van der Waals surface area (Å²) in [5.41, 5.74) is 0.761. The minimum Gasteiger partial charge on any atom is -0.469 e. The van der Waals surface area contributed by atoms with Crippen molar-refractivity contribution >= 4 is 46.4 Å². The second kappa shape index (κ2) is 7.81. The normalized spacial score (nSPS) is 9.75. The Balaban J connectivity index is 2.80. The molecule has 0 spiro atoms. The molecule has 1 rings (SSSR count). The Hall–Kier alpha value is -1.66. The average molecular weight is 316 g/mol. The molecule has 0 saturated heterocycles. The third kappa shape index (κ3) is 4.79. The van der Waals surface area contributed by atoms with Crippen molar-refractivity contribution in [2.45, 2.75) is 12.8 Å². The molecule has 0 saturated carbocycles. The van der Waals surface area contributed by atoms with E-state index in [1.165, 1.54) is 14.2 Å². The number of methoxy groups -OCH3 is 2. The Bertz CT molecular complexity index is 533. The number of rotatable bonds is 5. The Morgan fingerprint density at radius 3 is 2.55 bits per heavy atom. The van der Waals surface area contributed by atoms with E-state index in [0.29, 0.717) is 27.7 Å². The van der Waals surface area contributed by atoms with Crippen molar-refractivity contribution in [3.63, 3.8) is 0 Å². The Morgan fingerprint density at radius 2 is 1.95 bits per heavy atom. The van der Waals surface area contributed by atoms with Crippen LogP contribution in [0.5, 0.6) is 0 Å². The van der Waals surface area contributed by atoms with E-state index in [4.69, 9.17) is 23.8 Å². The summed E-state index contributed by atoms with van der Waals surface area (Å²) in [5.74, 6) is -0.853. The molecule has 0 atom stereocenters. The SMILES string of the molecule is COC(=O)CCC(=S)Nc1cc(Cl)ccc1C(=O)OC. The van der Waals surface area contributed by atoms with E-state index in [-0.39, 0.29) is 12.4 Å². The number of nitrogens with one attached hydrogen (secondary N) is 1. The monoisotopic (exact) mass is 315 g/mol. The van der Waals surface area contributed by atoms with Crippen molar-refractivity contribution in [3.05, 3.63) is 28.8 Å². The zero-order valence-corrected chi connectivity index (χ0v) is 12.6. The van der Waals surface area contributed by atoms with Crippen molar-refractivity contribution in [3.8, 4) is 0 Å². The number of esters is 2. The first kappa shape index (κ1) is 16.4. The van der Waals surface area contributed by atoms with Gasteiger partial charge in [-0.2, -0.15) is 0 Å². The lowest BCUT2D eigenvalue weighted by molar-refractivity contribution is -0.140. The van der Waals surface area contributed by atoms with Gasteiger partial charge in [0.05, 0.1) is 36.9 Å². The Morgan fingerprint density at radius 1 is 1.25 bits per heavy atom. The lowest BCUT2D eigenvalue weighted by atomic mass is 10.1. The zero-order chi connectivity index (χ0) is 15.1. The van der Waals surface area contributed by atoms with Gasteiger partial charge in [-0.15, -0.1) is 0 Å². The first-order chi connectivity index (χ1) is 9.47. The van der Waals surface area contributed by atoms with E-state index in [2.05, 4.69) is 14.8 Å². The van der Waals surface area contributed by atoms with Gasteiger partial charge < -0.3 is 14.8 Å². The summed E-state index contributed by atoms with van der Waals surface area (Å²) in [6, 6.07) is 4.69. The molecule has 0 aliphatic rings. The molecule has 0 heterocycles. The number of ether oxygens (including phenoxy) is 2. The summed E-state index contributed by atoms with van der Waals surface area (Å²) in [6.45, 7) is 0. The van der Waals surface area contributed by atoms with Gasteiger partial charge in [-0.1, -0.05) is 23.8 Å². The lowest BCUT2D eigenvalue weighted by Gasteiger charge is -2.11. The van der Waals surface area contributed by atoms with Gasteiger partial charge in [-0.25, -0.2) is 4.79 Å². The molecular formula is C13H14ClNO4S. The van der Waals surface area contributed by atoms with Gasteiger partial charge in [0, 0.05) is 11.4 Å². The molecule has 0 aromatic heterocycles. The number of anilines is 1. The molecule has 0 bridgehead atoms. The molecule has 20 heavy (non-hydrogen) atoms. The summed E-state index contributed by atoms with van der Waals surface area (Å²) in [4.78, 5) is 23.1. The van der Waals surface area contributed by atoms with Gasteiger partial charge in [0.2, 0.25) is 0 Å². The van der Waals surface area contributed by atoms with Crippen LogP contribution in [0.15, 0.2) is 18.2 Å². The van der Waals surface area contributed by atoms with E-state index < -0.39 is 5.97 Å². The van der Waals surface area contributed by atoms with Crippen molar-refractivity contribution < 1.29 is 19.1 Å². The molecule has 108 valence electrons. The maximum atomic E-state index is 11.6. The topological polar surface area (TPSA) is 64.6 Å². The van der Waals surface area contributed by atoms with Gasteiger partial charge in [-0.05, 0) is 18.2 Å². The number of carbonyl (C=O) groups excluding carboxylic acids is 2. The molecule has 1 aromatic rings. The Kier molecular flexibility index (Phi) is 6.41. The van der Waals surface area contributed by atoms with Crippen LogP contribution in [0.1, 0.15) is 23.2 Å². The number of carbonyl (C=O) groups is 2. The highest BCUT2D eigenvalue weighted by atomic mass is 35.5. The maximum Gasteiger partial charge on any atom is 0.339 e. The van der Waals surface area contributed by atoms with Crippen LogP contribution in [0.3, 0.4) is 0 Å². The van der Waals surface area contributed by atoms with Crippen LogP contribution in [-0.2, 0) is 14.3 Å². The van der Waals surface area contributed by atoms with Crippen LogP contribution in [-0.4, -0.2) is 31.1 Å².